The quantitative estimate of drug-likeness (QED) is 0.0548. The minimum absolute atomic E-state index is 0.0640. The first-order valence-corrected chi connectivity index (χ1v) is 19.5. The summed E-state index contributed by atoms with van der Waals surface area (Å²) in [5, 5.41) is 0. The van der Waals surface area contributed by atoms with E-state index < -0.39 is 0 Å². The summed E-state index contributed by atoms with van der Waals surface area (Å²) in [5.74, 6) is 2.33. The van der Waals surface area contributed by atoms with Gasteiger partial charge >= 0.3 is 0 Å². The molecule has 1 aliphatic rings. The van der Waals surface area contributed by atoms with Gasteiger partial charge in [-0.2, -0.15) is 0 Å². The van der Waals surface area contributed by atoms with Crippen LogP contribution in [-0.4, -0.2) is 31.8 Å². The molecule has 260 valence electrons. The first-order chi connectivity index (χ1) is 22.2. The molecule has 0 amide bonds. The zero-order valence-corrected chi connectivity index (χ0v) is 30.6. The van der Waals surface area contributed by atoms with Gasteiger partial charge in [0.2, 0.25) is 6.29 Å². The molecule has 0 bridgehead atoms. The molecule has 0 saturated carbocycles. The largest absolute Gasteiger partial charge is 0.456 e. The lowest BCUT2D eigenvalue weighted by molar-refractivity contribution is -0.0489. The molecular formula is C42H75NO2. The van der Waals surface area contributed by atoms with E-state index in [0.717, 1.165) is 45.1 Å². The summed E-state index contributed by atoms with van der Waals surface area (Å²) in [5.41, 5.74) is 0. The Morgan fingerprint density at radius 3 is 1.24 bits per heavy atom. The molecule has 0 N–H and O–H groups in total. The van der Waals surface area contributed by atoms with Gasteiger partial charge in [-0.1, -0.05) is 127 Å². The number of nitrogens with zero attached hydrogens (tertiary/aromatic N) is 1. The molecule has 0 aliphatic carbocycles. The fraction of sp³-hybridized carbons (Fsp3) is 0.762. The topological polar surface area (TPSA) is 21.7 Å². The van der Waals surface area contributed by atoms with Gasteiger partial charge in [-0.3, -0.25) is 0 Å². The van der Waals surface area contributed by atoms with Crippen molar-refractivity contribution in [2.45, 2.75) is 187 Å². The Morgan fingerprint density at radius 1 is 0.467 bits per heavy atom. The third-order valence-electron chi connectivity index (χ3n) is 8.61. The van der Waals surface area contributed by atoms with E-state index in [1.807, 2.05) is 0 Å². The lowest BCUT2D eigenvalue weighted by atomic mass is 10.1. The predicted octanol–water partition coefficient (Wildman–Crippen LogP) is 13.5. The molecule has 45 heavy (non-hydrogen) atoms. The second kappa shape index (κ2) is 32.2. The van der Waals surface area contributed by atoms with Gasteiger partial charge < -0.3 is 14.4 Å². The summed E-state index contributed by atoms with van der Waals surface area (Å²) >= 11 is 0. The third kappa shape index (κ3) is 27.1. The van der Waals surface area contributed by atoms with E-state index >= 15 is 0 Å². The lowest BCUT2D eigenvalue weighted by Gasteiger charge is -2.14. The lowest BCUT2D eigenvalue weighted by Crippen LogP contribution is -2.16. The molecular weight excluding hydrogens is 550 g/mol. The maximum absolute atomic E-state index is 6.36. The number of allylic oxidation sites excluding steroid dienone is 10. The van der Waals surface area contributed by atoms with Crippen molar-refractivity contribution >= 4 is 0 Å². The van der Waals surface area contributed by atoms with Crippen LogP contribution < -0.4 is 0 Å². The minimum atomic E-state index is -0.0640. The molecule has 1 heterocycles. The first kappa shape index (κ1) is 41.3. The molecule has 0 atom stereocenters. The van der Waals surface area contributed by atoms with Crippen LogP contribution in [0.4, 0.5) is 0 Å². The normalized spacial score (nSPS) is 14.4. The molecule has 0 radical (unpaired) electrons. The van der Waals surface area contributed by atoms with Gasteiger partial charge in [0, 0.05) is 19.3 Å². The number of ether oxygens (including phenoxy) is 2. The highest BCUT2D eigenvalue weighted by molar-refractivity contribution is 5.06. The average molecular weight is 626 g/mol. The smallest absolute Gasteiger partial charge is 0.240 e. The Bertz CT molecular complexity index is 733. The maximum Gasteiger partial charge on any atom is 0.240 e. The third-order valence-corrected chi connectivity index (χ3v) is 8.61. The van der Waals surface area contributed by atoms with Crippen LogP contribution >= 0.6 is 0 Å². The molecule has 0 aromatic carbocycles. The Kier molecular flexibility index (Phi) is 29.6. The van der Waals surface area contributed by atoms with Crippen LogP contribution in [-0.2, 0) is 9.47 Å². The molecule has 3 nitrogen and oxygen atoms in total. The van der Waals surface area contributed by atoms with Crippen LogP contribution in [0, 0.1) is 0 Å². The van der Waals surface area contributed by atoms with Crippen LogP contribution in [0.3, 0.4) is 0 Å². The van der Waals surface area contributed by atoms with Gasteiger partial charge in [0.05, 0.1) is 0 Å². The summed E-state index contributed by atoms with van der Waals surface area (Å²) in [4.78, 5) is 2.25. The second-order valence-corrected chi connectivity index (χ2v) is 13.4. The van der Waals surface area contributed by atoms with Gasteiger partial charge in [0.25, 0.3) is 0 Å². The van der Waals surface area contributed by atoms with Crippen molar-refractivity contribution in [2.75, 3.05) is 20.6 Å². The van der Waals surface area contributed by atoms with Gasteiger partial charge in [0.15, 0.2) is 0 Å². The molecule has 0 unspecified atom stereocenters. The fourth-order valence-corrected chi connectivity index (χ4v) is 5.76. The molecule has 0 aromatic heterocycles. The standard InChI is InChI=1S/C42H75NO2/c1-5-7-9-11-13-15-17-19-21-23-25-27-29-31-33-36-40-41(45-42(44-40)38-35-39-43(3)4)37-34-32-30-28-26-24-22-20-18-16-14-12-10-8-6-2/h13-16,19-22,42H,5-12,17-18,23-39H2,1-4H3/b15-13-,16-14-,21-19-,22-20-. The van der Waals surface area contributed by atoms with Crippen molar-refractivity contribution in [1.29, 1.82) is 0 Å². The molecule has 0 fully saturated rings. The van der Waals surface area contributed by atoms with Gasteiger partial charge in [-0.05, 0) is 104 Å². The Balaban J connectivity index is 2.20. The second-order valence-electron chi connectivity index (χ2n) is 13.4. The Morgan fingerprint density at radius 2 is 0.844 bits per heavy atom. The minimum Gasteiger partial charge on any atom is -0.456 e. The van der Waals surface area contributed by atoms with Gasteiger partial charge in [-0.25, -0.2) is 0 Å². The zero-order valence-electron chi connectivity index (χ0n) is 30.6. The zero-order chi connectivity index (χ0) is 32.5. The van der Waals surface area contributed by atoms with Crippen LogP contribution in [0.15, 0.2) is 60.1 Å². The van der Waals surface area contributed by atoms with E-state index in [4.69, 9.17) is 9.47 Å². The summed E-state index contributed by atoms with van der Waals surface area (Å²) < 4.78 is 12.7. The van der Waals surface area contributed by atoms with Crippen LogP contribution in [0.2, 0.25) is 0 Å². The first-order valence-electron chi connectivity index (χ1n) is 19.5. The van der Waals surface area contributed by atoms with Crippen molar-refractivity contribution in [1.82, 2.24) is 4.90 Å². The predicted molar refractivity (Wildman–Crippen MR) is 199 cm³/mol. The number of hydrogen-bond acceptors (Lipinski definition) is 3. The molecule has 1 rings (SSSR count). The number of rotatable bonds is 32. The van der Waals surface area contributed by atoms with Crippen molar-refractivity contribution in [2.24, 2.45) is 0 Å². The van der Waals surface area contributed by atoms with E-state index in [1.54, 1.807) is 0 Å². The SMILES string of the molecule is CCCCC/C=C\C/C=C\CCCCCCCC1=C(CCCCCCC/C=C\C/C=C\CCCCC)OC(CCCN(C)C)O1. The number of hydrogen-bond donors (Lipinski definition) is 0. The maximum atomic E-state index is 6.36. The van der Waals surface area contributed by atoms with Crippen LogP contribution in [0.5, 0.6) is 0 Å². The molecule has 1 aliphatic heterocycles. The van der Waals surface area contributed by atoms with Crippen molar-refractivity contribution in [3.63, 3.8) is 0 Å². The highest BCUT2D eigenvalue weighted by Gasteiger charge is 2.26. The van der Waals surface area contributed by atoms with E-state index in [9.17, 15) is 0 Å². The van der Waals surface area contributed by atoms with Gasteiger partial charge in [0.1, 0.15) is 11.5 Å². The van der Waals surface area contributed by atoms with E-state index in [0.29, 0.717) is 0 Å². The van der Waals surface area contributed by atoms with E-state index in [1.165, 1.54) is 140 Å². The van der Waals surface area contributed by atoms with Crippen molar-refractivity contribution in [3.05, 3.63) is 60.1 Å². The summed E-state index contributed by atoms with van der Waals surface area (Å²) in [6.45, 7) is 5.62. The van der Waals surface area contributed by atoms with Crippen LogP contribution in [0.25, 0.3) is 0 Å². The molecule has 3 heteroatoms. The summed E-state index contributed by atoms with van der Waals surface area (Å²) in [7, 11) is 4.28. The van der Waals surface area contributed by atoms with Crippen LogP contribution in [0.1, 0.15) is 181 Å². The summed E-state index contributed by atoms with van der Waals surface area (Å²) in [6.07, 6.45) is 51.0. The Hall–Kier alpha value is -1.74. The molecule has 0 aromatic rings. The van der Waals surface area contributed by atoms with Gasteiger partial charge in [-0.15, -0.1) is 0 Å². The average Bonchev–Trinajstić information content (AvgIpc) is 3.42. The van der Waals surface area contributed by atoms with Crippen molar-refractivity contribution < 1.29 is 9.47 Å². The monoisotopic (exact) mass is 626 g/mol. The van der Waals surface area contributed by atoms with E-state index in [-0.39, 0.29) is 6.29 Å². The highest BCUT2D eigenvalue weighted by atomic mass is 16.7. The van der Waals surface area contributed by atoms with E-state index in [2.05, 4.69) is 81.5 Å². The molecule has 0 spiro atoms. The Labute approximate surface area is 281 Å². The highest BCUT2D eigenvalue weighted by Crippen LogP contribution is 2.32. The number of unbranched alkanes of at least 4 members (excludes halogenated alkanes) is 16. The molecule has 0 saturated heterocycles. The van der Waals surface area contributed by atoms with Crippen molar-refractivity contribution in [3.8, 4) is 0 Å². The fourth-order valence-electron chi connectivity index (χ4n) is 5.76. The summed E-state index contributed by atoms with van der Waals surface area (Å²) in [6, 6.07) is 0.